The van der Waals surface area contributed by atoms with Gasteiger partial charge in [-0.15, -0.1) is 0 Å². The Kier molecular flexibility index (Phi) is 1.96. The van der Waals surface area contributed by atoms with Crippen LogP contribution in [-0.4, -0.2) is 37.9 Å². The second kappa shape index (κ2) is 2.42. The maximum absolute atomic E-state index is 9.41. The summed E-state index contributed by atoms with van der Waals surface area (Å²) in [6.07, 6.45) is -0.0108. The Hall–Kier alpha value is -0.160. The van der Waals surface area contributed by atoms with Crippen LogP contribution in [-0.2, 0) is 0 Å². The Morgan fingerprint density at radius 3 is 2.18 bits per heavy atom. The normalized spacial score (nSPS) is 43.9. The Balaban J connectivity index is 2.82. The molecule has 2 atom stereocenters. The molecule has 0 aromatic carbocycles. The Bertz CT molecular complexity index is 153. The molecule has 66 valence electrons. The molecule has 1 fully saturated rings. The molecule has 11 heavy (non-hydrogen) atoms. The molecule has 0 aliphatic heterocycles. The van der Waals surface area contributed by atoms with E-state index >= 15 is 0 Å². The van der Waals surface area contributed by atoms with Gasteiger partial charge in [0.05, 0.1) is 0 Å². The molecule has 0 heterocycles. The summed E-state index contributed by atoms with van der Waals surface area (Å²) in [6, 6.07) is 0. The number of rotatable bonds is 0. The quantitative estimate of drug-likeness (QED) is 0.343. The summed E-state index contributed by atoms with van der Waals surface area (Å²) >= 11 is 0. The molecule has 0 radical (unpaired) electrons. The van der Waals surface area contributed by atoms with Gasteiger partial charge in [-0.2, -0.15) is 0 Å². The second-order valence-electron chi connectivity index (χ2n) is 3.41. The third kappa shape index (κ3) is 1.27. The van der Waals surface area contributed by atoms with E-state index in [2.05, 4.69) is 0 Å². The van der Waals surface area contributed by atoms with Gasteiger partial charge in [-0.05, 0) is 26.2 Å². The van der Waals surface area contributed by atoms with Crippen molar-refractivity contribution < 1.29 is 20.4 Å². The van der Waals surface area contributed by atoms with Gasteiger partial charge in [0.25, 0.3) is 0 Å². The van der Waals surface area contributed by atoms with Gasteiger partial charge in [-0.25, -0.2) is 0 Å². The predicted octanol–water partition coefficient (Wildman–Crippen LogP) is -1.04. The van der Waals surface area contributed by atoms with E-state index in [-0.39, 0.29) is 0 Å². The van der Waals surface area contributed by atoms with Gasteiger partial charge in [-0.1, -0.05) is 0 Å². The molecule has 1 aliphatic rings. The maximum Gasteiger partial charge on any atom is 0.219 e. The minimum absolute atomic E-state index is 0.303. The molecule has 4 N–H and O–H groups in total. The molecule has 1 rings (SSSR count). The first-order valence-electron chi connectivity index (χ1n) is 3.73. The lowest BCUT2D eigenvalue weighted by atomic mass is 9.79. The van der Waals surface area contributed by atoms with Crippen LogP contribution >= 0.6 is 0 Å². The fourth-order valence-corrected chi connectivity index (χ4v) is 1.38. The average Bonchev–Trinajstić information content (AvgIpc) is 1.84. The molecular formula is C7H14O4. The highest BCUT2D eigenvalue weighted by molar-refractivity contribution is 4.97. The van der Waals surface area contributed by atoms with E-state index in [1.54, 1.807) is 0 Å². The van der Waals surface area contributed by atoms with E-state index in [1.807, 2.05) is 0 Å². The maximum atomic E-state index is 9.41. The summed E-state index contributed by atoms with van der Waals surface area (Å²) in [6.45, 7) is 1.31. The summed E-state index contributed by atoms with van der Waals surface area (Å²) in [4.78, 5) is 0. The van der Waals surface area contributed by atoms with Gasteiger partial charge >= 0.3 is 0 Å². The smallest absolute Gasteiger partial charge is 0.219 e. The van der Waals surface area contributed by atoms with Gasteiger partial charge < -0.3 is 20.4 Å². The Morgan fingerprint density at radius 2 is 1.82 bits per heavy atom. The lowest BCUT2D eigenvalue weighted by molar-refractivity contribution is -0.324. The highest BCUT2D eigenvalue weighted by atomic mass is 16.5. The van der Waals surface area contributed by atoms with Crippen molar-refractivity contribution in [3.8, 4) is 0 Å². The minimum atomic E-state index is -2.36. The zero-order valence-corrected chi connectivity index (χ0v) is 6.49. The topological polar surface area (TPSA) is 80.9 Å². The van der Waals surface area contributed by atoms with Crippen LogP contribution in [0.15, 0.2) is 0 Å². The van der Waals surface area contributed by atoms with Crippen molar-refractivity contribution in [3.05, 3.63) is 0 Å². The lowest BCUT2D eigenvalue weighted by Gasteiger charge is -2.43. The largest absolute Gasteiger partial charge is 0.387 e. The summed E-state index contributed by atoms with van der Waals surface area (Å²) in [5.41, 5.74) is -1.59. The monoisotopic (exact) mass is 162 g/mol. The average molecular weight is 162 g/mol. The van der Waals surface area contributed by atoms with Crippen LogP contribution in [0, 0.1) is 0 Å². The van der Waals surface area contributed by atoms with Crippen LogP contribution in [0.1, 0.15) is 26.2 Å². The third-order valence-electron chi connectivity index (χ3n) is 2.40. The zero-order chi connectivity index (χ0) is 8.70. The summed E-state index contributed by atoms with van der Waals surface area (Å²) in [7, 11) is 0. The highest BCUT2D eigenvalue weighted by Crippen LogP contribution is 2.35. The van der Waals surface area contributed by atoms with Gasteiger partial charge in [0.15, 0.2) is 0 Å². The van der Waals surface area contributed by atoms with Gasteiger partial charge in [-0.3, -0.25) is 0 Å². The fraction of sp³-hybridized carbons (Fsp3) is 1.00. The molecule has 2 unspecified atom stereocenters. The van der Waals surface area contributed by atoms with Crippen LogP contribution < -0.4 is 0 Å². The summed E-state index contributed by atoms with van der Waals surface area (Å²) < 4.78 is 0. The van der Waals surface area contributed by atoms with Crippen molar-refractivity contribution in [2.24, 2.45) is 0 Å². The van der Waals surface area contributed by atoms with Crippen LogP contribution in [0.25, 0.3) is 0 Å². The van der Waals surface area contributed by atoms with Crippen molar-refractivity contribution in [1.82, 2.24) is 0 Å². The minimum Gasteiger partial charge on any atom is -0.387 e. The molecule has 0 aromatic heterocycles. The molecule has 0 aromatic rings. The van der Waals surface area contributed by atoms with E-state index in [0.717, 1.165) is 0 Å². The van der Waals surface area contributed by atoms with Crippen molar-refractivity contribution in [1.29, 1.82) is 0 Å². The van der Waals surface area contributed by atoms with Crippen molar-refractivity contribution in [2.75, 3.05) is 0 Å². The van der Waals surface area contributed by atoms with Gasteiger partial charge in [0.1, 0.15) is 11.7 Å². The van der Waals surface area contributed by atoms with Crippen molar-refractivity contribution >= 4 is 0 Å². The second-order valence-corrected chi connectivity index (χ2v) is 3.41. The molecule has 0 saturated heterocycles. The Labute approximate surface area is 65.1 Å². The summed E-state index contributed by atoms with van der Waals surface area (Å²) in [5.74, 6) is -2.36. The van der Waals surface area contributed by atoms with Gasteiger partial charge in [0, 0.05) is 0 Å². The van der Waals surface area contributed by atoms with Crippen molar-refractivity contribution in [3.63, 3.8) is 0 Å². The van der Waals surface area contributed by atoms with Crippen LogP contribution in [0.3, 0.4) is 0 Å². The van der Waals surface area contributed by atoms with Crippen molar-refractivity contribution in [2.45, 2.75) is 43.7 Å². The first kappa shape index (κ1) is 8.93. The van der Waals surface area contributed by atoms with E-state index in [1.165, 1.54) is 6.92 Å². The first-order chi connectivity index (χ1) is 4.88. The van der Waals surface area contributed by atoms with Gasteiger partial charge in [0.2, 0.25) is 5.79 Å². The molecule has 0 spiro atoms. The third-order valence-corrected chi connectivity index (χ3v) is 2.40. The number of aliphatic hydroxyl groups excluding tert-OH is 1. The lowest BCUT2D eigenvalue weighted by Crippen LogP contribution is -2.62. The predicted molar refractivity (Wildman–Crippen MR) is 37.7 cm³/mol. The fourth-order valence-electron chi connectivity index (χ4n) is 1.38. The molecule has 4 heteroatoms. The Morgan fingerprint density at radius 1 is 1.27 bits per heavy atom. The number of hydrogen-bond donors (Lipinski definition) is 4. The number of aliphatic hydroxyl groups is 4. The van der Waals surface area contributed by atoms with E-state index in [0.29, 0.717) is 19.3 Å². The molecule has 0 amide bonds. The highest BCUT2D eigenvalue weighted by Gasteiger charge is 2.52. The van der Waals surface area contributed by atoms with E-state index in [4.69, 9.17) is 5.11 Å². The number of hydrogen-bond acceptors (Lipinski definition) is 4. The molecule has 0 bridgehead atoms. The summed E-state index contributed by atoms with van der Waals surface area (Å²) in [5, 5.41) is 37.0. The van der Waals surface area contributed by atoms with Crippen LogP contribution in [0.2, 0.25) is 0 Å². The molecule has 1 aliphatic carbocycles. The first-order valence-corrected chi connectivity index (χ1v) is 3.73. The molecule has 1 saturated carbocycles. The zero-order valence-electron chi connectivity index (χ0n) is 6.49. The van der Waals surface area contributed by atoms with E-state index in [9.17, 15) is 15.3 Å². The van der Waals surface area contributed by atoms with Crippen LogP contribution in [0.5, 0.6) is 0 Å². The standard InChI is InChI=1S/C7H14O4/c1-6(9)4-2-3-5(8)7(6,10)11/h5,8-11H,2-4H2,1H3. The molecular weight excluding hydrogens is 148 g/mol. The van der Waals surface area contributed by atoms with Crippen LogP contribution in [0.4, 0.5) is 0 Å². The SMILES string of the molecule is CC1(O)CCCC(O)C1(O)O. The molecule has 4 nitrogen and oxygen atoms in total. The van der Waals surface area contributed by atoms with E-state index < -0.39 is 17.5 Å².